The third-order valence-electron chi connectivity index (χ3n) is 7.56. The van der Waals surface area contributed by atoms with Crippen molar-refractivity contribution in [3.8, 4) is 5.75 Å². The number of rotatable bonds is 13. The van der Waals surface area contributed by atoms with Gasteiger partial charge in [-0.2, -0.15) is 4.18 Å². The van der Waals surface area contributed by atoms with Crippen molar-refractivity contribution in [3.05, 3.63) is 77.9 Å². The van der Waals surface area contributed by atoms with Crippen molar-refractivity contribution in [1.82, 2.24) is 24.4 Å². The highest BCUT2D eigenvalue weighted by Gasteiger charge is 2.45. The van der Waals surface area contributed by atoms with E-state index in [9.17, 15) is 15.3 Å². The van der Waals surface area contributed by atoms with E-state index in [0.29, 0.717) is 29.9 Å². The number of benzene rings is 2. The minimum absolute atomic E-state index is 0. The number of nitrogen functional groups attached to an aromatic ring is 1. The van der Waals surface area contributed by atoms with Crippen LogP contribution in [0.25, 0.3) is 11.2 Å². The van der Waals surface area contributed by atoms with Gasteiger partial charge in [0.05, 0.1) is 19.5 Å². The summed E-state index contributed by atoms with van der Waals surface area (Å²) in [5.41, 5.74) is 9.68. The maximum Gasteiger partial charge on any atom is 0.167 e. The number of aromatic nitrogens is 4. The Morgan fingerprint density at radius 2 is 1.89 bits per heavy atom. The summed E-state index contributed by atoms with van der Waals surface area (Å²) in [6, 6.07) is 16.0. The number of aryl methyl sites for hydroxylation is 1. The van der Waals surface area contributed by atoms with Gasteiger partial charge in [0.15, 0.2) is 17.7 Å². The molecule has 1 fully saturated rings. The lowest BCUT2D eigenvalue weighted by Gasteiger charge is -2.21. The summed E-state index contributed by atoms with van der Waals surface area (Å²) in [6.45, 7) is 1.34. The van der Waals surface area contributed by atoms with Gasteiger partial charge in [-0.1, -0.05) is 36.4 Å². The van der Waals surface area contributed by atoms with Gasteiger partial charge in [-0.3, -0.25) is 9.47 Å². The van der Waals surface area contributed by atoms with Gasteiger partial charge in [0.2, 0.25) is 0 Å². The lowest BCUT2D eigenvalue weighted by atomic mass is 10.0. The van der Waals surface area contributed by atoms with Crippen LogP contribution in [0.15, 0.2) is 61.2 Å². The van der Waals surface area contributed by atoms with Crippen LogP contribution < -0.4 is 34.4 Å². The molecule has 3 heterocycles. The molecule has 0 aliphatic carbocycles. The first-order valence-corrected chi connectivity index (χ1v) is 15.8. The maximum absolute atomic E-state index is 11.0. The van der Waals surface area contributed by atoms with Gasteiger partial charge in [-0.05, 0) is 35.9 Å². The highest BCUT2D eigenvalue weighted by molar-refractivity contribution is 7.91. The number of halogens is 1. The number of nitrogens with zero attached hydrogens (tertiary/aromatic N) is 5. The molecule has 6 atom stereocenters. The molecule has 0 radical (unpaired) electrons. The second kappa shape index (κ2) is 15.6. The zero-order valence-corrected chi connectivity index (χ0v) is 27.8. The van der Waals surface area contributed by atoms with Crippen molar-refractivity contribution in [2.45, 2.75) is 43.6 Å². The number of likely N-dealkylation sites (N-methyl/N-ethyl adjacent to an activating group) is 1. The minimum atomic E-state index is -1.20. The van der Waals surface area contributed by atoms with Crippen molar-refractivity contribution >= 4 is 28.2 Å². The van der Waals surface area contributed by atoms with Crippen LogP contribution in [0.4, 0.5) is 5.82 Å². The number of aliphatic hydroxyl groups is 3. The number of hydrogen-bond acceptors (Lipinski definition) is 11. The highest BCUT2D eigenvalue weighted by Crippen LogP contribution is 2.32. The Labute approximate surface area is 276 Å². The third kappa shape index (κ3) is 7.98. The molecule has 0 bridgehead atoms. The maximum atomic E-state index is 11.0. The molecule has 0 amide bonds. The van der Waals surface area contributed by atoms with Crippen LogP contribution in [0.5, 0.6) is 5.75 Å². The Balaban J connectivity index is 0.00000442. The van der Waals surface area contributed by atoms with E-state index in [1.165, 1.54) is 18.2 Å². The number of aliphatic hydroxyl groups excluding tert-OH is 3. The first kappa shape index (κ1) is 34.3. The van der Waals surface area contributed by atoms with E-state index in [4.69, 9.17) is 19.4 Å². The third-order valence-corrected chi connectivity index (χ3v) is 8.88. The first-order valence-electron chi connectivity index (χ1n) is 14.0. The normalized spacial score (nSPS) is 21.3. The van der Waals surface area contributed by atoms with Gasteiger partial charge in [0.25, 0.3) is 0 Å². The minimum Gasteiger partial charge on any atom is -1.00 e. The second-order valence-electron chi connectivity index (χ2n) is 10.7. The van der Waals surface area contributed by atoms with Crippen LogP contribution in [0.2, 0.25) is 0 Å². The molecule has 1 saturated heterocycles. The standard InChI is InChI=1S/C30H39N6O6S.HI/c1-35(14-19-7-5-4-6-8-19)15-22(37)20-9-10-23(40-2)21(13-20)11-12-43(3)41-16-24-26(38)27(39)30(42-24)36-18-34-25-28(31)32-17-33-29(25)36;/h4-10,13,17-18,22,24,26-27,30,37-39H,11-12,14-16H2,1-3H3,(H2,31,32,33);1H/q+1;/p-1/t22?,24-,26-,27-,30-,43?;/m1./s1. The van der Waals surface area contributed by atoms with Gasteiger partial charge in [-0.15, -0.1) is 0 Å². The van der Waals surface area contributed by atoms with Crippen LogP contribution in [-0.4, -0.2) is 97.4 Å². The molecule has 12 nitrogen and oxygen atoms in total. The van der Waals surface area contributed by atoms with E-state index in [1.807, 2.05) is 49.7 Å². The molecular formula is C30H39IN6O6S. The molecule has 5 N–H and O–H groups in total. The molecule has 4 aromatic rings. The van der Waals surface area contributed by atoms with Crippen LogP contribution in [-0.2, 0) is 33.1 Å². The number of anilines is 1. The van der Waals surface area contributed by atoms with E-state index >= 15 is 0 Å². The van der Waals surface area contributed by atoms with E-state index in [0.717, 1.165) is 23.4 Å². The van der Waals surface area contributed by atoms with E-state index in [1.54, 1.807) is 11.7 Å². The number of methoxy groups -OCH3 is 1. The highest BCUT2D eigenvalue weighted by atomic mass is 127. The number of ether oxygens (including phenoxy) is 2. The average Bonchev–Trinajstić information content (AvgIpc) is 3.56. The predicted octanol–water partition coefficient (Wildman–Crippen LogP) is -1.37. The van der Waals surface area contributed by atoms with Gasteiger partial charge < -0.3 is 54.5 Å². The van der Waals surface area contributed by atoms with E-state index < -0.39 is 41.8 Å². The topological polar surface area (TPSA) is 161 Å². The fraction of sp³-hybridized carbons (Fsp3) is 0.433. The molecular weight excluding hydrogens is 699 g/mol. The lowest BCUT2D eigenvalue weighted by molar-refractivity contribution is -0.0458. The molecule has 2 unspecified atom stereocenters. The molecule has 1 aliphatic rings. The van der Waals surface area contributed by atoms with Gasteiger partial charge >= 0.3 is 0 Å². The molecule has 5 rings (SSSR count). The molecule has 0 spiro atoms. The summed E-state index contributed by atoms with van der Waals surface area (Å²) in [5, 5.41) is 32.4. The van der Waals surface area contributed by atoms with Crippen LogP contribution in [0.3, 0.4) is 0 Å². The molecule has 2 aromatic heterocycles. The smallest absolute Gasteiger partial charge is 0.167 e. The largest absolute Gasteiger partial charge is 1.00 e. The fourth-order valence-corrected chi connectivity index (χ4v) is 6.20. The summed E-state index contributed by atoms with van der Waals surface area (Å²) in [6.07, 6.45) is 0.774. The van der Waals surface area contributed by atoms with Crippen LogP contribution in [0, 0.1) is 0 Å². The lowest BCUT2D eigenvalue weighted by Crippen LogP contribution is -3.00. The predicted molar refractivity (Wildman–Crippen MR) is 164 cm³/mol. The average molecular weight is 739 g/mol. The summed E-state index contributed by atoms with van der Waals surface area (Å²) < 4.78 is 19.2. The molecule has 0 saturated carbocycles. The van der Waals surface area contributed by atoms with Crippen LogP contribution >= 0.6 is 0 Å². The SMILES string of the molecule is COc1ccc(C(O)CN(C)Cc2ccccc2)cc1CC[S+](C)OC[C@H]1O[C@@H](n2cnc3c(N)ncnc32)[C@H](O)[C@@H]1O.[I-]. The zero-order chi connectivity index (χ0) is 30.5. The summed E-state index contributed by atoms with van der Waals surface area (Å²) in [5.74, 6) is 1.67. The Morgan fingerprint density at radius 3 is 2.64 bits per heavy atom. The first-order chi connectivity index (χ1) is 20.7. The monoisotopic (exact) mass is 738 g/mol. The number of imidazole rings is 1. The molecule has 2 aromatic carbocycles. The number of nitrogens with two attached hydrogens (primary N) is 1. The van der Waals surface area contributed by atoms with Crippen molar-refractivity contribution in [2.24, 2.45) is 0 Å². The number of fused-ring (bicyclic) bond motifs is 1. The summed E-state index contributed by atoms with van der Waals surface area (Å²) in [7, 11) is 3.63. The number of hydrogen-bond donors (Lipinski definition) is 4. The summed E-state index contributed by atoms with van der Waals surface area (Å²) in [4.78, 5) is 14.4. The van der Waals surface area contributed by atoms with E-state index in [2.05, 4.69) is 32.0 Å². The Kier molecular flexibility index (Phi) is 12.2. The molecule has 1 aliphatic heterocycles. The van der Waals surface area contributed by atoms with Crippen molar-refractivity contribution in [2.75, 3.05) is 45.1 Å². The Morgan fingerprint density at radius 1 is 1.11 bits per heavy atom. The van der Waals surface area contributed by atoms with Crippen molar-refractivity contribution in [3.63, 3.8) is 0 Å². The zero-order valence-electron chi connectivity index (χ0n) is 24.9. The fourth-order valence-electron chi connectivity index (χ4n) is 5.21. The van der Waals surface area contributed by atoms with Gasteiger partial charge in [-0.25, -0.2) is 15.0 Å². The summed E-state index contributed by atoms with van der Waals surface area (Å²) >= 11 is -0.481. The van der Waals surface area contributed by atoms with Gasteiger partial charge in [0, 0.05) is 19.5 Å². The second-order valence-corrected chi connectivity index (χ2v) is 12.5. The van der Waals surface area contributed by atoms with Crippen LogP contribution in [0.1, 0.15) is 29.0 Å². The Bertz CT molecular complexity index is 1500. The van der Waals surface area contributed by atoms with Gasteiger partial charge in [0.1, 0.15) is 65.7 Å². The molecule has 44 heavy (non-hydrogen) atoms. The molecule has 238 valence electrons. The Hall–Kier alpha value is -2.57. The quantitative estimate of drug-likeness (QED) is 0.0947. The van der Waals surface area contributed by atoms with E-state index in [-0.39, 0.29) is 36.4 Å². The molecule has 14 heteroatoms. The van der Waals surface area contributed by atoms with Crippen molar-refractivity contribution < 1.29 is 53.0 Å². The van der Waals surface area contributed by atoms with Crippen molar-refractivity contribution in [1.29, 1.82) is 0 Å².